The zero-order chi connectivity index (χ0) is 27.2. The molecule has 5 rings (SSSR count). The molecule has 7 nitrogen and oxygen atoms in total. The van der Waals surface area contributed by atoms with Gasteiger partial charge < -0.3 is 24.2 Å². The van der Waals surface area contributed by atoms with Crippen LogP contribution in [0.1, 0.15) is 42.1 Å². The van der Waals surface area contributed by atoms with Gasteiger partial charge in [-0.05, 0) is 72.5 Å². The van der Waals surface area contributed by atoms with E-state index in [2.05, 4.69) is 15.9 Å². The molecule has 39 heavy (non-hydrogen) atoms. The van der Waals surface area contributed by atoms with Crippen LogP contribution in [0, 0.1) is 0 Å². The van der Waals surface area contributed by atoms with Crippen LogP contribution in [0.15, 0.2) is 82.3 Å². The molecular weight excluding hydrogens is 560 g/mol. The second-order valence-corrected chi connectivity index (χ2v) is 10.8. The average Bonchev–Trinajstić information content (AvgIpc) is 3.64. The van der Waals surface area contributed by atoms with E-state index in [0.717, 1.165) is 47.1 Å². The van der Waals surface area contributed by atoms with Crippen molar-refractivity contribution in [3.63, 3.8) is 0 Å². The molecule has 2 aliphatic rings. The van der Waals surface area contributed by atoms with Gasteiger partial charge in [0, 0.05) is 42.6 Å². The first-order chi connectivity index (χ1) is 19.0. The van der Waals surface area contributed by atoms with Gasteiger partial charge in [0.25, 0.3) is 5.91 Å². The predicted molar refractivity (Wildman–Crippen MR) is 153 cm³/mol. The number of hydrogen-bond donors (Lipinski definition) is 1. The highest BCUT2D eigenvalue weighted by molar-refractivity contribution is 9.10. The molecule has 0 unspecified atom stereocenters. The molecule has 2 atom stereocenters. The number of methoxy groups -OCH3 is 1. The van der Waals surface area contributed by atoms with Crippen LogP contribution in [0.25, 0.3) is 0 Å². The number of nitrogens with zero attached hydrogens (tertiary/aromatic N) is 2. The summed E-state index contributed by atoms with van der Waals surface area (Å²) >= 11 is 3.52. The van der Waals surface area contributed by atoms with Crippen molar-refractivity contribution in [3.05, 3.63) is 94.0 Å². The number of likely N-dealkylation sites (tertiary alicyclic amines) is 1. The van der Waals surface area contributed by atoms with Crippen molar-refractivity contribution >= 4 is 27.7 Å². The summed E-state index contributed by atoms with van der Waals surface area (Å²) in [5, 5.41) is 9.02. The number of carbonyl (C=O) groups is 1. The Balaban J connectivity index is 1.58. The maximum Gasteiger partial charge on any atom is 0.255 e. The van der Waals surface area contributed by atoms with Crippen molar-refractivity contribution in [2.75, 3.05) is 33.4 Å². The lowest BCUT2D eigenvalue weighted by atomic mass is 9.81. The van der Waals surface area contributed by atoms with E-state index in [4.69, 9.17) is 24.3 Å². The minimum Gasteiger partial charge on any atom is -0.497 e. The average molecular weight is 594 g/mol. The van der Waals surface area contributed by atoms with Crippen molar-refractivity contribution in [3.8, 4) is 11.5 Å². The molecule has 3 aromatic carbocycles. The Hall–Kier alpha value is -3.36. The van der Waals surface area contributed by atoms with Gasteiger partial charge in [-0.1, -0.05) is 40.2 Å². The van der Waals surface area contributed by atoms with Crippen LogP contribution >= 0.6 is 15.9 Å². The topological polar surface area (TPSA) is 80.6 Å². The molecule has 1 fully saturated rings. The van der Waals surface area contributed by atoms with Crippen LogP contribution in [-0.2, 0) is 16.0 Å². The summed E-state index contributed by atoms with van der Waals surface area (Å²) < 4.78 is 18.8. The molecule has 2 heterocycles. The number of ether oxygens (including phenoxy) is 3. The second kappa shape index (κ2) is 12.2. The molecule has 1 saturated heterocycles. The van der Waals surface area contributed by atoms with Gasteiger partial charge >= 0.3 is 0 Å². The molecule has 0 spiro atoms. The predicted octanol–water partition coefficient (Wildman–Crippen LogP) is 5.34. The van der Waals surface area contributed by atoms with Gasteiger partial charge in [-0.3, -0.25) is 4.79 Å². The first-order valence-corrected chi connectivity index (χ1v) is 14.1. The minimum absolute atomic E-state index is 0.0188. The van der Waals surface area contributed by atoms with Gasteiger partial charge in [0.05, 0.1) is 13.7 Å². The van der Waals surface area contributed by atoms with Gasteiger partial charge in [0.1, 0.15) is 11.5 Å². The summed E-state index contributed by atoms with van der Waals surface area (Å²) in [6, 6.07) is 23.2. The van der Waals surface area contributed by atoms with E-state index in [-0.39, 0.29) is 12.5 Å². The first-order valence-electron chi connectivity index (χ1n) is 13.3. The molecular formula is C31H33BrN2O5. The third-order valence-electron chi connectivity index (χ3n) is 7.18. The Labute approximate surface area is 237 Å². The quantitative estimate of drug-likeness (QED) is 0.321. The number of benzene rings is 3. The molecule has 3 aromatic rings. The fourth-order valence-electron chi connectivity index (χ4n) is 5.18. The summed E-state index contributed by atoms with van der Waals surface area (Å²) in [6.45, 7) is 1.96. The molecule has 0 bridgehead atoms. The number of aliphatic hydroxyl groups is 1. The van der Waals surface area contributed by atoms with Crippen LogP contribution in [0.5, 0.6) is 11.5 Å². The van der Waals surface area contributed by atoms with Crippen LogP contribution in [0.2, 0.25) is 0 Å². The summed E-state index contributed by atoms with van der Waals surface area (Å²) in [5.41, 5.74) is 1.42. The van der Waals surface area contributed by atoms with Gasteiger partial charge in [-0.2, -0.15) is 0 Å². The summed E-state index contributed by atoms with van der Waals surface area (Å²) in [4.78, 5) is 21.5. The largest absolute Gasteiger partial charge is 0.497 e. The highest BCUT2D eigenvalue weighted by atomic mass is 79.9. The number of amides is 1. The van der Waals surface area contributed by atoms with Crippen molar-refractivity contribution in [1.29, 1.82) is 0 Å². The third-order valence-corrected chi connectivity index (χ3v) is 7.71. The van der Waals surface area contributed by atoms with Crippen LogP contribution in [0.4, 0.5) is 0 Å². The Bertz CT molecular complexity index is 1310. The Morgan fingerprint density at radius 1 is 1.08 bits per heavy atom. The SMILES string of the molecule is COc1cccc([C@H]2OC(c3ccc(OCCCO)cc3)=N[C@@]2(Cc2ccc(Br)cc2)C(=O)N2CCCC2)c1. The molecule has 2 aliphatic heterocycles. The van der Waals surface area contributed by atoms with Gasteiger partial charge in [-0.25, -0.2) is 4.99 Å². The van der Waals surface area contributed by atoms with Crippen molar-refractivity contribution in [2.24, 2.45) is 4.99 Å². The number of aliphatic hydroxyl groups excluding tert-OH is 1. The van der Waals surface area contributed by atoms with Gasteiger partial charge in [-0.15, -0.1) is 0 Å². The van der Waals surface area contributed by atoms with E-state index in [1.165, 1.54) is 0 Å². The number of hydrogen-bond acceptors (Lipinski definition) is 6. The van der Waals surface area contributed by atoms with E-state index >= 15 is 0 Å². The molecule has 0 aliphatic carbocycles. The normalized spacial score (nSPS) is 20.4. The van der Waals surface area contributed by atoms with Gasteiger partial charge in [0.15, 0.2) is 11.6 Å². The monoisotopic (exact) mass is 592 g/mol. The molecule has 8 heteroatoms. The van der Waals surface area contributed by atoms with E-state index in [1.54, 1.807) is 7.11 Å². The van der Waals surface area contributed by atoms with Crippen LogP contribution in [0.3, 0.4) is 0 Å². The standard InChI is InChI=1S/C31H33BrN2O5/c1-37-27-7-4-6-24(20-27)28-31(30(36)34-16-2-3-17-34,21-22-8-12-25(32)13-9-22)33-29(39-28)23-10-14-26(15-11-23)38-19-5-18-35/h4,6-15,20,28,35H,2-3,5,16-19,21H2,1H3/t28-,31-/m1/s1. The lowest BCUT2D eigenvalue weighted by molar-refractivity contribution is -0.138. The first kappa shape index (κ1) is 27.2. The summed E-state index contributed by atoms with van der Waals surface area (Å²) in [5.74, 6) is 1.80. The second-order valence-electron chi connectivity index (χ2n) is 9.87. The zero-order valence-corrected chi connectivity index (χ0v) is 23.6. The molecule has 1 N–H and O–H groups in total. The molecule has 1 amide bonds. The maximum atomic E-state index is 14.4. The molecule has 204 valence electrons. The van der Waals surface area contributed by atoms with E-state index in [9.17, 15) is 4.79 Å². The fourth-order valence-corrected chi connectivity index (χ4v) is 5.44. The fraction of sp³-hybridized carbons (Fsp3) is 0.355. The highest BCUT2D eigenvalue weighted by Crippen LogP contribution is 2.44. The number of aliphatic imine (C=N–C) groups is 1. The highest BCUT2D eigenvalue weighted by Gasteiger charge is 2.55. The molecule has 0 aromatic heterocycles. The van der Waals surface area contributed by atoms with E-state index < -0.39 is 11.6 Å². The zero-order valence-electron chi connectivity index (χ0n) is 22.0. The molecule has 0 saturated carbocycles. The lowest BCUT2D eigenvalue weighted by Gasteiger charge is -2.34. The van der Waals surface area contributed by atoms with Crippen LogP contribution < -0.4 is 9.47 Å². The smallest absolute Gasteiger partial charge is 0.255 e. The van der Waals surface area contributed by atoms with Crippen molar-refractivity contribution < 1.29 is 24.1 Å². The number of halogens is 1. The Morgan fingerprint density at radius 2 is 1.82 bits per heavy atom. The number of rotatable bonds is 10. The summed E-state index contributed by atoms with van der Waals surface area (Å²) in [6.07, 6.45) is 2.29. The Kier molecular flexibility index (Phi) is 8.53. The summed E-state index contributed by atoms with van der Waals surface area (Å²) in [7, 11) is 1.63. The lowest BCUT2D eigenvalue weighted by Crippen LogP contribution is -2.50. The maximum absolute atomic E-state index is 14.4. The van der Waals surface area contributed by atoms with E-state index in [0.29, 0.717) is 36.8 Å². The van der Waals surface area contributed by atoms with E-state index in [1.807, 2.05) is 77.7 Å². The van der Waals surface area contributed by atoms with Gasteiger partial charge in [0.2, 0.25) is 5.90 Å². The molecule has 0 radical (unpaired) electrons. The Morgan fingerprint density at radius 3 is 2.51 bits per heavy atom. The minimum atomic E-state index is -1.18. The number of carbonyl (C=O) groups excluding carboxylic acids is 1. The van der Waals surface area contributed by atoms with Crippen molar-refractivity contribution in [2.45, 2.75) is 37.3 Å². The van der Waals surface area contributed by atoms with Crippen molar-refractivity contribution in [1.82, 2.24) is 4.90 Å². The third kappa shape index (κ3) is 5.97. The van der Waals surface area contributed by atoms with Crippen LogP contribution in [-0.4, -0.2) is 60.8 Å².